The van der Waals surface area contributed by atoms with E-state index < -0.39 is 72.5 Å². The van der Waals surface area contributed by atoms with Crippen LogP contribution in [0.5, 0.6) is 0 Å². The Morgan fingerprint density at radius 2 is 1.68 bits per heavy atom. The number of ether oxygens (including phenoxy) is 1. The van der Waals surface area contributed by atoms with Crippen molar-refractivity contribution in [2.24, 2.45) is 0 Å². The molecule has 0 bridgehead atoms. The van der Waals surface area contributed by atoms with Gasteiger partial charge in [0.05, 0.1) is 26.6 Å². The fraction of sp³-hybridized carbons (Fsp3) is 0.600. The Morgan fingerprint density at radius 3 is 2.23 bits per heavy atom. The van der Waals surface area contributed by atoms with E-state index in [0.717, 1.165) is 6.20 Å². The molecule has 0 aromatic carbocycles. The second kappa shape index (κ2) is 9.43. The van der Waals surface area contributed by atoms with E-state index in [1.54, 1.807) is 4.98 Å². The van der Waals surface area contributed by atoms with Crippen molar-refractivity contribution in [3.8, 4) is 0 Å². The van der Waals surface area contributed by atoms with Crippen molar-refractivity contribution >= 4 is 23.5 Å². The highest BCUT2D eigenvalue weighted by molar-refractivity contribution is 7.64. The molecule has 178 valence electrons. The Morgan fingerprint density at radius 1 is 1.06 bits per heavy atom. The highest BCUT2D eigenvalue weighted by Gasteiger charge is 2.45. The van der Waals surface area contributed by atoms with Gasteiger partial charge in [0.1, 0.15) is 18.3 Å². The Bertz CT molecular complexity index is 1060. The molecule has 6 unspecified atom stereocenters. The summed E-state index contributed by atoms with van der Waals surface area (Å²) in [5.74, 6) is 0. The molecule has 21 heteroatoms. The van der Waals surface area contributed by atoms with Crippen molar-refractivity contribution < 1.29 is 66.5 Å². The number of phosphoric acid groups is 3. The second-order valence-electron chi connectivity index (χ2n) is 5.83. The van der Waals surface area contributed by atoms with Crippen LogP contribution in [-0.4, -0.2) is 49.8 Å². The van der Waals surface area contributed by atoms with Gasteiger partial charge >= 0.3 is 5.69 Å². The minimum Gasteiger partial charge on any atom is -0.790 e. The molecule has 1 aliphatic rings. The quantitative estimate of drug-likeness (QED) is 0.225. The molecule has 1 aromatic heterocycles. The lowest BCUT2D eigenvalue weighted by Crippen LogP contribution is -2.39. The lowest BCUT2D eigenvalue weighted by molar-refractivity contribution is -0.339. The maximum absolute atomic E-state index is 11.9. The van der Waals surface area contributed by atoms with Crippen LogP contribution in [0.15, 0.2) is 15.8 Å². The van der Waals surface area contributed by atoms with E-state index in [4.69, 9.17) is 9.84 Å². The zero-order chi connectivity index (χ0) is 23.8. The van der Waals surface area contributed by atoms with Crippen molar-refractivity contribution in [1.82, 2.24) is 9.55 Å². The molecule has 2 rings (SSSR count). The Balaban J connectivity index is 2.12. The SMILES string of the molecule is O=c1[nH]c(=O)n(C2OC(COP(=O)([O-])OP(=O)([O-])OP(=O)([O-])[O-])C(O)C2O)cc1CO. The van der Waals surface area contributed by atoms with E-state index in [2.05, 4.69) is 13.1 Å². The third-order valence-corrected chi connectivity index (χ3v) is 7.29. The zero-order valence-electron chi connectivity index (χ0n) is 14.7. The molecule has 1 fully saturated rings. The van der Waals surface area contributed by atoms with Crippen LogP contribution < -0.4 is 30.8 Å². The van der Waals surface area contributed by atoms with Gasteiger partial charge in [0.15, 0.2) is 6.23 Å². The van der Waals surface area contributed by atoms with Crippen molar-refractivity contribution in [3.05, 3.63) is 32.6 Å². The summed E-state index contributed by atoms with van der Waals surface area (Å²) in [6.45, 7) is -2.02. The molecule has 0 aliphatic carbocycles. The standard InChI is InChI=1S/C10H17N2O16P3/c13-2-4-1-12(10(17)11-8(4)16)9-7(15)6(14)5(26-9)3-25-30(21,22)28-31(23,24)27-29(18,19)20/h1,5-7,9,13-15H,2-3H2,(H,21,22)(H,23,24)(H,11,16,17)(H2,18,19,20)/p-4. The predicted octanol–water partition coefficient (Wildman–Crippen LogP) is -5.54. The van der Waals surface area contributed by atoms with Crippen LogP contribution in [0.4, 0.5) is 0 Å². The molecule has 4 N–H and O–H groups in total. The summed E-state index contributed by atoms with van der Waals surface area (Å²) < 4.78 is 49.0. The number of nitrogens with zero attached hydrogens (tertiary/aromatic N) is 1. The number of aromatic amines is 1. The lowest BCUT2D eigenvalue weighted by atomic mass is 10.1. The average Bonchev–Trinajstić information content (AvgIpc) is 2.85. The summed E-state index contributed by atoms with van der Waals surface area (Å²) in [4.78, 5) is 68.3. The van der Waals surface area contributed by atoms with Crippen molar-refractivity contribution in [3.63, 3.8) is 0 Å². The first-order valence-electron chi connectivity index (χ1n) is 7.73. The van der Waals surface area contributed by atoms with Crippen LogP contribution in [0, 0.1) is 0 Å². The molecule has 18 nitrogen and oxygen atoms in total. The molecule has 0 spiro atoms. The molecule has 0 amide bonds. The first-order chi connectivity index (χ1) is 14.1. The molecule has 0 saturated carbocycles. The number of aliphatic hydroxyl groups is 3. The minimum absolute atomic E-state index is 0.317. The summed E-state index contributed by atoms with van der Waals surface area (Å²) in [5, 5.41) is 29.1. The fourth-order valence-corrected chi connectivity index (χ4v) is 5.24. The highest BCUT2D eigenvalue weighted by atomic mass is 31.3. The molecule has 6 atom stereocenters. The summed E-state index contributed by atoms with van der Waals surface area (Å²) in [6, 6.07) is 0. The third kappa shape index (κ3) is 6.95. The van der Waals surface area contributed by atoms with Crippen LogP contribution in [0.2, 0.25) is 0 Å². The van der Waals surface area contributed by atoms with E-state index in [9.17, 15) is 53.1 Å². The van der Waals surface area contributed by atoms with E-state index in [0.29, 0.717) is 4.57 Å². The smallest absolute Gasteiger partial charge is 0.330 e. The number of rotatable bonds is 9. The van der Waals surface area contributed by atoms with Crippen LogP contribution in [0.1, 0.15) is 11.8 Å². The maximum Gasteiger partial charge on any atom is 0.330 e. The molecule has 31 heavy (non-hydrogen) atoms. The van der Waals surface area contributed by atoms with Crippen molar-refractivity contribution in [2.75, 3.05) is 6.61 Å². The van der Waals surface area contributed by atoms with Gasteiger partial charge < -0.3 is 48.7 Å². The molecule has 1 aromatic rings. The average molecular weight is 510 g/mol. The Labute approximate surface area is 170 Å². The number of aromatic nitrogens is 2. The topological polar surface area (TPSA) is 296 Å². The number of hydrogen-bond donors (Lipinski definition) is 4. The normalized spacial score (nSPS) is 28.2. The number of H-pyrrole nitrogens is 1. The predicted molar refractivity (Wildman–Crippen MR) is 84.1 cm³/mol. The first-order valence-corrected chi connectivity index (χ1v) is 12.1. The Kier molecular flexibility index (Phi) is 7.96. The first kappa shape index (κ1) is 26.2. The lowest BCUT2D eigenvalue weighted by Gasteiger charge is -2.37. The van der Waals surface area contributed by atoms with E-state index in [-0.39, 0.29) is 5.56 Å². The molecule has 1 aliphatic heterocycles. The fourth-order valence-electron chi connectivity index (χ4n) is 2.37. The number of aliphatic hydroxyl groups excluding tert-OH is 3. The van der Waals surface area contributed by atoms with E-state index >= 15 is 0 Å². The summed E-state index contributed by atoms with van der Waals surface area (Å²) >= 11 is 0. The van der Waals surface area contributed by atoms with Crippen molar-refractivity contribution in [2.45, 2.75) is 31.1 Å². The Hall–Kier alpha value is -1.07. The van der Waals surface area contributed by atoms with Crippen LogP contribution in [0.25, 0.3) is 0 Å². The molecular formula is C10H13N2O16P3-4. The molecular weight excluding hydrogens is 497 g/mol. The van der Waals surface area contributed by atoms with Gasteiger partial charge in [0.25, 0.3) is 21.2 Å². The summed E-state index contributed by atoms with van der Waals surface area (Å²) in [5.41, 5.74) is -2.38. The van der Waals surface area contributed by atoms with Crippen LogP contribution >= 0.6 is 23.5 Å². The van der Waals surface area contributed by atoms with E-state index in [1.807, 2.05) is 0 Å². The summed E-state index contributed by atoms with van der Waals surface area (Å²) in [7, 11) is -18.3. The van der Waals surface area contributed by atoms with Gasteiger partial charge in [-0.15, -0.1) is 0 Å². The number of nitrogens with one attached hydrogen (secondary N) is 1. The number of phosphoric ester groups is 1. The monoisotopic (exact) mass is 510 g/mol. The van der Waals surface area contributed by atoms with Crippen LogP contribution in [-0.2, 0) is 38.2 Å². The molecule has 0 radical (unpaired) electrons. The van der Waals surface area contributed by atoms with Gasteiger partial charge in [-0.1, -0.05) is 0 Å². The van der Waals surface area contributed by atoms with Gasteiger partial charge in [-0.3, -0.25) is 27.8 Å². The van der Waals surface area contributed by atoms with Gasteiger partial charge in [-0.2, -0.15) is 0 Å². The number of hydrogen-bond acceptors (Lipinski definition) is 16. The van der Waals surface area contributed by atoms with E-state index in [1.165, 1.54) is 0 Å². The highest BCUT2D eigenvalue weighted by Crippen LogP contribution is 2.60. The van der Waals surface area contributed by atoms with Gasteiger partial charge in [-0.05, 0) is 0 Å². The molecule has 2 heterocycles. The zero-order valence-corrected chi connectivity index (χ0v) is 17.4. The second-order valence-corrected chi connectivity index (χ2v) is 10.1. The van der Waals surface area contributed by atoms with Crippen molar-refractivity contribution in [1.29, 1.82) is 0 Å². The van der Waals surface area contributed by atoms with Crippen LogP contribution in [0.3, 0.4) is 0 Å². The largest absolute Gasteiger partial charge is 0.790 e. The molecule has 1 saturated heterocycles. The van der Waals surface area contributed by atoms with Gasteiger partial charge in [0.2, 0.25) is 0 Å². The minimum atomic E-state index is -6.20. The maximum atomic E-state index is 11.9. The summed E-state index contributed by atoms with van der Waals surface area (Å²) in [6.07, 6.45) is -6.43. The van der Waals surface area contributed by atoms with Gasteiger partial charge in [0, 0.05) is 6.20 Å². The third-order valence-electron chi connectivity index (χ3n) is 3.62. The van der Waals surface area contributed by atoms with Gasteiger partial charge in [-0.25, -0.2) is 9.11 Å².